The number of piperidine rings is 1. The van der Waals surface area contributed by atoms with Gasteiger partial charge in [0.05, 0.1) is 12.2 Å². The molecule has 4 heterocycles. The van der Waals surface area contributed by atoms with E-state index in [1.807, 2.05) is 21.8 Å². The standard InChI is InChI=1S/C19H28N6O/c1-14(2)17-22-15-13-24(12-5-16(15)23(17)3)18(26)19(6-9-20-10-7-19)25-11-4-8-21-25/h4,8,11,14,20H,5-7,9-10,12-13H2,1-3H3. The van der Waals surface area contributed by atoms with Crippen molar-refractivity contribution in [1.29, 1.82) is 0 Å². The molecule has 0 aromatic carbocycles. The Labute approximate surface area is 154 Å². The van der Waals surface area contributed by atoms with Crippen molar-refractivity contribution in [3.63, 3.8) is 0 Å². The van der Waals surface area contributed by atoms with Crippen molar-refractivity contribution < 1.29 is 4.79 Å². The largest absolute Gasteiger partial charge is 0.334 e. The van der Waals surface area contributed by atoms with Gasteiger partial charge in [0.1, 0.15) is 11.4 Å². The van der Waals surface area contributed by atoms with E-state index in [0.717, 1.165) is 50.4 Å². The molecule has 2 aliphatic heterocycles. The van der Waals surface area contributed by atoms with Crippen LogP contribution in [-0.4, -0.2) is 49.8 Å². The number of nitrogens with zero attached hydrogens (tertiary/aromatic N) is 5. The van der Waals surface area contributed by atoms with Crippen LogP contribution in [0.15, 0.2) is 18.5 Å². The van der Waals surface area contributed by atoms with Crippen LogP contribution in [0.2, 0.25) is 0 Å². The van der Waals surface area contributed by atoms with Crippen LogP contribution in [-0.2, 0) is 30.3 Å². The summed E-state index contributed by atoms with van der Waals surface area (Å²) in [5.74, 6) is 1.67. The Bertz CT molecular complexity index is 785. The van der Waals surface area contributed by atoms with Gasteiger partial charge in [-0.15, -0.1) is 0 Å². The molecule has 0 aliphatic carbocycles. The summed E-state index contributed by atoms with van der Waals surface area (Å²) in [6, 6.07) is 1.90. The molecular weight excluding hydrogens is 328 g/mol. The van der Waals surface area contributed by atoms with E-state index in [1.165, 1.54) is 5.69 Å². The second-order valence-electron chi connectivity index (χ2n) is 7.79. The normalized spacial score (nSPS) is 19.6. The number of rotatable bonds is 3. The summed E-state index contributed by atoms with van der Waals surface area (Å²) in [4.78, 5) is 20.5. The van der Waals surface area contributed by atoms with Crippen LogP contribution in [0.1, 0.15) is 49.8 Å². The van der Waals surface area contributed by atoms with E-state index in [9.17, 15) is 4.79 Å². The van der Waals surface area contributed by atoms with E-state index in [0.29, 0.717) is 12.5 Å². The van der Waals surface area contributed by atoms with Gasteiger partial charge in [0.2, 0.25) is 0 Å². The third kappa shape index (κ3) is 2.65. The smallest absolute Gasteiger partial charge is 0.251 e. The lowest BCUT2D eigenvalue weighted by Crippen LogP contribution is -2.56. The van der Waals surface area contributed by atoms with Gasteiger partial charge in [-0.2, -0.15) is 5.10 Å². The molecule has 2 aromatic heterocycles. The second kappa shape index (κ2) is 6.54. The fourth-order valence-electron chi connectivity index (χ4n) is 4.44. The minimum atomic E-state index is -0.568. The first-order chi connectivity index (χ1) is 12.5. The number of aromatic nitrogens is 4. The first-order valence-electron chi connectivity index (χ1n) is 9.57. The zero-order valence-corrected chi connectivity index (χ0v) is 15.9. The van der Waals surface area contributed by atoms with Crippen molar-refractivity contribution in [1.82, 2.24) is 29.5 Å². The fraction of sp³-hybridized carbons (Fsp3) is 0.632. The lowest BCUT2D eigenvalue weighted by Gasteiger charge is -2.41. The molecule has 0 radical (unpaired) electrons. The summed E-state index contributed by atoms with van der Waals surface area (Å²) in [5, 5.41) is 7.81. The van der Waals surface area contributed by atoms with Crippen LogP contribution in [0.25, 0.3) is 0 Å². The SMILES string of the molecule is CC(C)c1nc2c(n1C)CCN(C(=O)C1(n3cccn3)CCNCC1)C2. The van der Waals surface area contributed by atoms with Gasteiger partial charge in [0, 0.05) is 44.0 Å². The van der Waals surface area contributed by atoms with Gasteiger partial charge >= 0.3 is 0 Å². The van der Waals surface area contributed by atoms with Crippen molar-refractivity contribution in [2.75, 3.05) is 19.6 Å². The number of fused-ring (bicyclic) bond motifs is 1. The van der Waals surface area contributed by atoms with Crippen molar-refractivity contribution in [3.05, 3.63) is 35.7 Å². The first-order valence-corrected chi connectivity index (χ1v) is 9.57. The zero-order valence-electron chi connectivity index (χ0n) is 15.9. The number of carbonyl (C=O) groups excluding carboxylic acids is 1. The first kappa shape index (κ1) is 17.3. The monoisotopic (exact) mass is 356 g/mol. The van der Waals surface area contributed by atoms with E-state index >= 15 is 0 Å². The van der Waals surface area contributed by atoms with Crippen LogP contribution in [0.3, 0.4) is 0 Å². The molecule has 1 N–H and O–H groups in total. The third-order valence-corrected chi connectivity index (χ3v) is 5.87. The van der Waals surface area contributed by atoms with Crippen molar-refractivity contribution >= 4 is 5.91 Å². The fourth-order valence-corrected chi connectivity index (χ4v) is 4.44. The van der Waals surface area contributed by atoms with Crippen LogP contribution in [0.4, 0.5) is 0 Å². The van der Waals surface area contributed by atoms with Crippen molar-refractivity contribution in [3.8, 4) is 0 Å². The Morgan fingerprint density at radius 2 is 2.08 bits per heavy atom. The van der Waals surface area contributed by atoms with Gasteiger partial charge in [0.15, 0.2) is 0 Å². The molecule has 7 nitrogen and oxygen atoms in total. The molecule has 0 unspecified atom stereocenters. The predicted molar refractivity (Wildman–Crippen MR) is 98.7 cm³/mol. The number of nitrogens with one attached hydrogen (secondary N) is 1. The van der Waals surface area contributed by atoms with E-state index < -0.39 is 5.54 Å². The summed E-state index contributed by atoms with van der Waals surface area (Å²) in [5.41, 5.74) is 1.76. The molecule has 0 bridgehead atoms. The summed E-state index contributed by atoms with van der Waals surface area (Å²) < 4.78 is 4.10. The molecule has 0 spiro atoms. The summed E-state index contributed by atoms with van der Waals surface area (Å²) in [6.45, 7) is 7.36. The Morgan fingerprint density at radius 3 is 2.73 bits per heavy atom. The lowest BCUT2D eigenvalue weighted by molar-refractivity contribution is -0.144. The highest BCUT2D eigenvalue weighted by Crippen LogP contribution is 2.32. The van der Waals surface area contributed by atoms with Crippen molar-refractivity contribution in [2.45, 2.75) is 51.1 Å². The van der Waals surface area contributed by atoms with Gasteiger partial charge in [-0.1, -0.05) is 13.8 Å². The van der Waals surface area contributed by atoms with Crippen LogP contribution in [0.5, 0.6) is 0 Å². The minimum Gasteiger partial charge on any atom is -0.334 e. The third-order valence-electron chi connectivity index (χ3n) is 5.87. The van der Waals surface area contributed by atoms with Gasteiger partial charge in [-0.25, -0.2) is 4.98 Å². The van der Waals surface area contributed by atoms with Gasteiger partial charge in [0.25, 0.3) is 5.91 Å². The Kier molecular flexibility index (Phi) is 4.34. The maximum Gasteiger partial charge on any atom is 0.251 e. The molecule has 1 saturated heterocycles. The quantitative estimate of drug-likeness (QED) is 0.903. The molecule has 1 fully saturated rings. The highest BCUT2D eigenvalue weighted by atomic mass is 16.2. The molecule has 26 heavy (non-hydrogen) atoms. The van der Waals surface area contributed by atoms with E-state index in [4.69, 9.17) is 4.98 Å². The average molecular weight is 356 g/mol. The molecular formula is C19H28N6O. The molecule has 1 amide bonds. The zero-order chi connectivity index (χ0) is 18.3. The van der Waals surface area contributed by atoms with E-state index in [1.54, 1.807) is 6.20 Å². The molecule has 2 aliphatic rings. The number of imidazole rings is 1. The van der Waals surface area contributed by atoms with Gasteiger partial charge in [-0.05, 0) is 32.0 Å². The maximum atomic E-state index is 13.6. The molecule has 7 heteroatoms. The molecule has 0 atom stereocenters. The molecule has 2 aromatic rings. The molecule has 140 valence electrons. The number of carbonyl (C=O) groups is 1. The average Bonchev–Trinajstić information content (AvgIpc) is 3.30. The summed E-state index contributed by atoms with van der Waals surface area (Å²) in [6.07, 6.45) is 6.10. The van der Waals surface area contributed by atoms with Crippen LogP contribution in [0, 0.1) is 0 Å². The summed E-state index contributed by atoms with van der Waals surface area (Å²) in [7, 11) is 2.09. The van der Waals surface area contributed by atoms with E-state index in [-0.39, 0.29) is 5.91 Å². The van der Waals surface area contributed by atoms with Crippen LogP contribution >= 0.6 is 0 Å². The lowest BCUT2D eigenvalue weighted by atomic mass is 9.86. The number of hydrogen-bond acceptors (Lipinski definition) is 4. The highest BCUT2D eigenvalue weighted by molar-refractivity contribution is 5.85. The maximum absolute atomic E-state index is 13.6. The molecule has 4 rings (SSSR count). The van der Waals surface area contributed by atoms with Crippen LogP contribution < -0.4 is 5.32 Å². The Balaban J connectivity index is 1.63. The van der Waals surface area contributed by atoms with E-state index in [2.05, 4.69) is 35.9 Å². The second-order valence-corrected chi connectivity index (χ2v) is 7.79. The number of amides is 1. The van der Waals surface area contributed by atoms with Crippen molar-refractivity contribution in [2.24, 2.45) is 7.05 Å². The topological polar surface area (TPSA) is 68.0 Å². The Morgan fingerprint density at radius 1 is 1.31 bits per heavy atom. The number of hydrogen-bond donors (Lipinski definition) is 1. The highest BCUT2D eigenvalue weighted by Gasteiger charge is 2.45. The predicted octanol–water partition coefficient (Wildman–Crippen LogP) is 1.40. The van der Waals surface area contributed by atoms with Gasteiger partial charge < -0.3 is 14.8 Å². The minimum absolute atomic E-state index is 0.185. The molecule has 0 saturated carbocycles. The Hall–Kier alpha value is -2.15. The summed E-state index contributed by atoms with van der Waals surface area (Å²) >= 11 is 0. The van der Waals surface area contributed by atoms with Gasteiger partial charge in [-0.3, -0.25) is 9.48 Å².